The number of anilines is 1. The van der Waals surface area contributed by atoms with Gasteiger partial charge in [-0.05, 0) is 55.0 Å². The lowest BCUT2D eigenvalue weighted by atomic mass is 10.1. The van der Waals surface area contributed by atoms with E-state index in [-0.39, 0.29) is 5.91 Å². The van der Waals surface area contributed by atoms with Gasteiger partial charge in [0.1, 0.15) is 0 Å². The number of rotatable bonds is 5. The topological polar surface area (TPSA) is 75.7 Å². The number of imidazole rings is 1. The number of nitrogens with zero attached hydrogens (tertiary/aromatic N) is 3. The molecule has 7 heteroatoms. The molecular formula is C28H24ClN5O. The van der Waals surface area contributed by atoms with Gasteiger partial charge in [-0.25, -0.2) is 0 Å². The lowest BCUT2D eigenvalue weighted by Crippen LogP contribution is -2.24. The van der Waals surface area contributed by atoms with Crippen LogP contribution < -0.4 is 10.9 Å². The molecule has 35 heavy (non-hydrogen) atoms. The summed E-state index contributed by atoms with van der Waals surface area (Å²) in [6.45, 7) is 3.98. The monoisotopic (exact) mass is 481 g/mol. The number of hydrogen-bond acceptors (Lipinski definition) is 3. The van der Waals surface area contributed by atoms with Crippen LogP contribution in [0.1, 0.15) is 18.1 Å². The predicted octanol–water partition coefficient (Wildman–Crippen LogP) is 5.94. The highest BCUT2D eigenvalue weighted by Gasteiger charge is 2.15. The van der Waals surface area contributed by atoms with Gasteiger partial charge in [-0.15, -0.1) is 0 Å². The van der Waals surface area contributed by atoms with E-state index < -0.39 is 0 Å². The molecule has 0 unspecified atom stereocenters. The van der Waals surface area contributed by atoms with Gasteiger partial charge in [-0.2, -0.15) is 0 Å². The zero-order valence-corrected chi connectivity index (χ0v) is 20.2. The Kier molecular flexibility index (Phi) is 5.97. The van der Waals surface area contributed by atoms with E-state index in [4.69, 9.17) is 22.0 Å². The van der Waals surface area contributed by atoms with E-state index in [9.17, 15) is 4.79 Å². The van der Waals surface area contributed by atoms with Gasteiger partial charge < -0.3 is 9.88 Å². The minimum Gasteiger partial charge on any atom is -0.326 e. The number of amides is 1. The fraction of sp³-hybridized carbons (Fsp3) is 0.107. The Morgan fingerprint density at radius 2 is 1.74 bits per heavy atom. The minimum atomic E-state index is -0.132. The first-order chi connectivity index (χ1) is 16.9. The summed E-state index contributed by atoms with van der Waals surface area (Å²) in [5, 5.41) is 12.6. The first-order valence-electron chi connectivity index (χ1n) is 11.3. The average Bonchev–Trinajstić information content (AvgIpc) is 3.13. The SMILES string of the molecule is CC(=O)Nc1ccc(C)cc1-c1ccc(-n2c(=N)n(Cc3ccccc3Cl)c3ccccc32)cn1. The highest BCUT2D eigenvalue weighted by molar-refractivity contribution is 6.31. The van der Waals surface area contributed by atoms with Crippen molar-refractivity contribution in [2.45, 2.75) is 20.4 Å². The molecule has 2 aromatic heterocycles. The van der Waals surface area contributed by atoms with Crippen LogP contribution in [-0.2, 0) is 11.3 Å². The molecule has 5 rings (SSSR count). The Labute approximate surface area is 208 Å². The Morgan fingerprint density at radius 3 is 2.46 bits per heavy atom. The number of fused-ring (bicyclic) bond motifs is 1. The van der Waals surface area contributed by atoms with Crippen LogP contribution in [0.2, 0.25) is 5.02 Å². The Balaban J connectivity index is 1.60. The van der Waals surface area contributed by atoms with Crippen molar-refractivity contribution < 1.29 is 4.79 Å². The van der Waals surface area contributed by atoms with Gasteiger partial charge in [-0.1, -0.05) is 53.6 Å². The molecule has 0 aliphatic rings. The van der Waals surface area contributed by atoms with Crippen LogP contribution in [0.3, 0.4) is 0 Å². The molecule has 0 spiro atoms. The first kappa shape index (κ1) is 22.6. The maximum atomic E-state index is 11.7. The smallest absolute Gasteiger partial charge is 0.221 e. The van der Waals surface area contributed by atoms with Gasteiger partial charge >= 0.3 is 0 Å². The summed E-state index contributed by atoms with van der Waals surface area (Å²) < 4.78 is 3.83. The van der Waals surface area contributed by atoms with Gasteiger partial charge in [0, 0.05) is 17.5 Å². The zero-order valence-electron chi connectivity index (χ0n) is 19.4. The fourth-order valence-electron chi connectivity index (χ4n) is 4.30. The Morgan fingerprint density at radius 1 is 1.00 bits per heavy atom. The van der Waals surface area contributed by atoms with Gasteiger partial charge in [0.15, 0.2) is 0 Å². The molecule has 2 N–H and O–H groups in total. The van der Waals surface area contributed by atoms with Gasteiger partial charge in [-0.3, -0.25) is 19.8 Å². The van der Waals surface area contributed by atoms with Crippen molar-refractivity contribution in [2.24, 2.45) is 0 Å². The molecule has 0 atom stereocenters. The standard InChI is InChI=1S/C28H24ClN5O/c1-18-11-13-25(32-19(2)35)22(15-18)24-14-12-21(16-31-24)34-27-10-6-5-9-26(27)33(28(34)30)17-20-7-3-4-8-23(20)29/h3-16,30H,17H2,1-2H3,(H,32,35). The van der Waals surface area contributed by atoms with Crippen LogP contribution >= 0.6 is 11.6 Å². The number of hydrogen-bond donors (Lipinski definition) is 2. The highest BCUT2D eigenvalue weighted by atomic mass is 35.5. The Bertz CT molecular complexity index is 1620. The summed E-state index contributed by atoms with van der Waals surface area (Å²) in [6.07, 6.45) is 1.76. The highest BCUT2D eigenvalue weighted by Crippen LogP contribution is 2.29. The summed E-state index contributed by atoms with van der Waals surface area (Å²) in [5.41, 5.74) is 7.29. The van der Waals surface area contributed by atoms with Crippen molar-refractivity contribution >= 4 is 34.2 Å². The Hall–Kier alpha value is -4.16. The van der Waals surface area contributed by atoms with Gasteiger partial charge in [0.2, 0.25) is 11.5 Å². The molecule has 0 aliphatic heterocycles. The molecule has 0 fully saturated rings. The largest absolute Gasteiger partial charge is 0.326 e. The van der Waals surface area contributed by atoms with Crippen molar-refractivity contribution in [3.63, 3.8) is 0 Å². The summed E-state index contributed by atoms with van der Waals surface area (Å²) in [6, 6.07) is 25.4. The molecule has 174 valence electrons. The molecule has 5 aromatic rings. The van der Waals surface area contributed by atoms with Gasteiger partial charge in [0.25, 0.3) is 0 Å². The number of nitrogens with one attached hydrogen (secondary N) is 2. The van der Waals surface area contributed by atoms with Crippen molar-refractivity contribution in [1.29, 1.82) is 5.41 Å². The summed E-state index contributed by atoms with van der Waals surface area (Å²) in [7, 11) is 0. The van der Waals surface area contributed by atoms with Gasteiger partial charge in [0.05, 0.1) is 40.8 Å². The van der Waals surface area contributed by atoms with E-state index in [1.165, 1.54) is 6.92 Å². The third-order valence-corrected chi connectivity index (χ3v) is 6.30. The second kappa shape index (κ2) is 9.24. The molecule has 0 aliphatic carbocycles. The van der Waals surface area contributed by atoms with E-state index in [1.54, 1.807) is 6.20 Å². The zero-order chi connectivity index (χ0) is 24.5. The number of aryl methyl sites for hydroxylation is 1. The van der Waals surface area contributed by atoms with Crippen molar-refractivity contribution in [3.05, 3.63) is 107 Å². The van der Waals surface area contributed by atoms with E-state index in [2.05, 4.69) is 5.32 Å². The van der Waals surface area contributed by atoms with E-state index >= 15 is 0 Å². The lowest BCUT2D eigenvalue weighted by molar-refractivity contribution is -0.114. The fourth-order valence-corrected chi connectivity index (χ4v) is 4.49. The van der Waals surface area contributed by atoms with Crippen molar-refractivity contribution in [1.82, 2.24) is 14.1 Å². The van der Waals surface area contributed by atoms with Crippen LogP contribution in [-0.4, -0.2) is 20.0 Å². The number of para-hydroxylation sites is 2. The minimum absolute atomic E-state index is 0.132. The molecule has 0 radical (unpaired) electrons. The number of halogens is 1. The van der Waals surface area contributed by atoms with Crippen LogP contribution in [0.15, 0.2) is 85.1 Å². The average molecular weight is 482 g/mol. The normalized spacial score (nSPS) is 11.1. The summed E-state index contributed by atoms with van der Waals surface area (Å²) in [4.78, 5) is 16.4. The van der Waals surface area contributed by atoms with E-state index in [0.717, 1.165) is 39.1 Å². The summed E-state index contributed by atoms with van der Waals surface area (Å²) in [5.74, 6) is -0.132. The molecule has 3 aromatic carbocycles. The number of pyridine rings is 1. The van der Waals surface area contributed by atoms with Crippen LogP contribution in [0, 0.1) is 12.3 Å². The predicted molar refractivity (Wildman–Crippen MR) is 140 cm³/mol. The number of aromatic nitrogens is 3. The third-order valence-electron chi connectivity index (χ3n) is 5.93. The van der Waals surface area contributed by atoms with Crippen molar-refractivity contribution in [3.8, 4) is 16.9 Å². The number of carbonyl (C=O) groups is 1. The maximum Gasteiger partial charge on any atom is 0.221 e. The molecule has 6 nitrogen and oxygen atoms in total. The van der Waals surface area contributed by atoms with E-state index in [0.29, 0.717) is 22.9 Å². The van der Waals surface area contributed by atoms with Crippen LogP contribution in [0.5, 0.6) is 0 Å². The number of carbonyl (C=O) groups excluding carboxylic acids is 1. The third kappa shape index (κ3) is 4.36. The van der Waals surface area contributed by atoms with Crippen molar-refractivity contribution in [2.75, 3.05) is 5.32 Å². The number of benzene rings is 3. The quantitative estimate of drug-likeness (QED) is 0.326. The summed E-state index contributed by atoms with van der Waals surface area (Å²) >= 11 is 6.41. The second-order valence-corrected chi connectivity index (χ2v) is 8.86. The van der Waals surface area contributed by atoms with Crippen LogP contribution in [0.25, 0.3) is 28.0 Å². The molecule has 0 bridgehead atoms. The van der Waals surface area contributed by atoms with E-state index in [1.807, 2.05) is 94.9 Å². The second-order valence-electron chi connectivity index (χ2n) is 8.46. The molecular weight excluding hydrogens is 458 g/mol. The first-order valence-corrected chi connectivity index (χ1v) is 11.6. The van der Waals surface area contributed by atoms with Crippen LogP contribution in [0.4, 0.5) is 5.69 Å². The molecule has 0 saturated heterocycles. The maximum absolute atomic E-state index is 11.7. The molecule has 2 heterocycles. The lowest BCUT2D eigenvalue weighted by Gasteiger charge is -2.12. The molecule has 1 amide bonds. The molecule has 0 saturated carbocycles.